The fourth-order valence-electron chi connectivity index (χ4n) is 3.53. The van der Waals surface area contributed by atoms with Gasteiger partial charge in [0.15, 0.2) is 9.84 Å². The lowest BCUT2D eigenvalue weighted by molar-refractivity contribution is 0.0953. The summed E-state index contributed by atoms with van der Waals surface area (Å²) in [5.41, 5.74) is 3.39. The second-order valence-electron chi connectivity index (χ2n) is 7.45. The highest BCUT2D eigenvalue weighted by Crippen LogP contribution is 2.22. The first kappa shape index (κ1) is 20.6. The van der Waals surface area contributed by atoms with Crippen LogP contribution in [0.5, 0.6) is 0 Å². The number of carbonyl (C=O) groups is 1. The maximum Gasteiger partial charge on any atom is 0.251 e. The van der Waals surface area contributed by atoms with E-state index in [9.17, 15) is 13.2 Å². The molecule has 6 heteroatoms. The highest BCUT2D eigenvalue weighted by molar-refractivity contribution is 7.90. The zero-order valence-corrected chi connectivity index (χ0v) is 17.2. The van der Waals surface area contributed by atoms with Gasteiger partial charge in [0.2, 0.25) is 0 Å². The summed E-state index contributed by atoms with van der Waals surface area (Å²) in [5, 5.41) is 2.90. The van der Waals surface area contributed by atoms with Gasteiger partial charge in [-0.3, -0.25) is 9.69 Å². The first-order chi connectivity index (χ1) is 13.4. The average Bonchev–Trinajstić information content (AvgIpc) is 3.09. The van der Waals surface area contributed by atoms with Gasteiger partial charge in [0.25, 0.3) is 5.91 Å². The van der Waals surface area contributed by atoms with Gasteiger partial charge in [-0.25, -0.2) is 8.42 Å². The normalized spacial score (nSPS) is 14.0. The molecule has 0 unspecified atom stereocenters. The van der Waals surface area contributed by atoms with E-state index >= 15 is 0 Å². The predicted molar refractivity (Wildman–Crippen MR) is 111 cm³/mol. The minimum atomic E-state index is -3.23. The van der Waals surface area contributed by atoms with Crippen molar-refractivity contribution in [3.8, 4) is 0 Å². The van der Waals surface area contributed by atoms with E-state index in [0.29, 0.717) is 12.1 Å². The number of fused-ring (bicyclic) bond motifs is 1. The van der Waals surface area contributed by atoms with Crippen LogP contribution in [0.3, 0.4) is 0 Å². The standard InChI is InChI=1S/C22H28N2O3S/c1-28(26,27)21-12-10-18(11-13-21)22(25)23-14-6-2-3-7-15-24-16-19-8-4-5-9-20(19)17-24/h4-5,8-13H,2-3,6-7,14-17H2,1H3,(H,23,25). The van der Waals surface area contributed by atoms with Crippen molar-refractivity contribution in [2.45, 2.75) is 43.7 Å². The van der Waals surface area contributed by atoms with Crippen LogP contribution in [0.2, 0.25) is 0 Å². The minimum Gasteiger partial charge on any atom is -0.352 e. The number of unbranched alkanes of at least 4 members (excludes halogenated alkanes) is 3. The van der Waals surface area contributed by atoms with Crippen LogP contribution < -0.4 is 5.32 Å². The summed E-state index contributed by atoms with van der Waals surface area (Å²) < 4.78 is 22.9. The van der Waals surface area contributed by atoms with Crippen molar-refractivity contribution in [3.63, 3.8) is 0 Å². The largest absolute Gasteiger partial charge is 0.352 e. The topological polar surface area (TPSA) is 66.5 Å². The smallest absolute Gasteiger partial charge is 0.251 e. The number of nitrogens with one attached hydrogen (secondary N) is 1. The molecule has 0 bridgehead atoms. The Bertz CT molecular complexity index is 883. The van der Waals surface area contributed by atoms with E-state index < -0.39 is 9.84 Å². The highest BCUT2D eigenvalue weighted by atomic mass is 32.2. The predicted octanol–water partition coefficient (Wildman–Crippen LogP) is 3.40. The monoisotopic (exact) mass is 400 g/mol. The molecule has 0 fully saturated rings. The third-order valence-electron chi connectivity index (χ3n) is 5.14. The van der Waals surface area contributed by atoms with Crippen molar-refractivity contribution in [3.05, 3.63) is 65.2 Å². The zero-order valence-electron chi connectivity index (χ0n) is 16.4. The molecule has 0 aliphatic carbocycles. The molecule has 1 aliphatic heterocycles. The molecule has 0 saturated carbocycles. The molecular formula is C22H28N2O3S. The Morgan fingerprint density at radius 3 is 2.14 bits per heavy atom. The van der Waals surface area contributed by atoms with E-state index in [1.54, 1.807) is 12.1 Å². The first-order valence-electron chi connectivity index (χ1n) is 9.81. The molecule has 0 saturated heterocycles. The molecule has 5 nitrogen and oxygen atoms in total. The van der Waals surface area contributed by atoms with Crippen LogP contribution in [0.1, 0.15) is 47.2 Å². The van der Waals surface area contributed by atoms with Crippen LogP contribution in [0.25, 0.3) is 0 Å². The van der Waals surface area contributed by atoms with Crippen LogP contribution >= 0.6 is 0 Å². The van der Waals surface area contributed by atoms with Gasteiger partial charge in [0.1, 0.15) is 0 Å². The van der Waals surface area contributed by atoms with Gasteiger partial charge in [-0.1, -0.05) is 37.1 Å². The number of benzene rings is 2. The van der Waals surface area contributed by atoms with Gasteiger partial charge in [-0.05, 0) is 54.8 Å². The van der Waals surface area contributed by atoms with Crippen LogP contribution in [0, 0.1) is 0 Å². The molecule has 1 amide bonds. The molecule has 0 spiro atoms. The number of carbonyl (C=O) groups excluding carboxylic acids is 1. The van der Waals surface area contributed by atoms with E-state index in [0.717, 1.165) is 45.2 Å². The summed E-state index contributed by atoms with van der Waals surface area (Å²) in [6, 6.07) is 14.7. The number of sulfone groups is 1. The van der Waals surface area contributed by atoms with Gasteiger partial charge in [0, 0.05) is 31.5 Å². The molecular weight excluding hydrogens is 372 g/mol. The Morgan fingerprint density at radius 2 is 1.54 bits per heavy atom. The van der Waals surface area contributed by atoms with Crippen molar-refractivity contribution < 1.29 is 13.2 Å². The Morgan fingerprint density at radius 1 is 0.929 bits per heavy atom. The van der Waals surface area contributed by atoms with E-state index in [2.05, 4.69) is 34.5 Å². The molecule has 1 heterocycles. The second-order valence-corrected chi connectivity index (χ2v) is 9.46. The van der Waals surface area contributed by atoms with Crippen LogP contribution in [0.15, 0.2) is 53.4 Å². The maximum absolute atomic E-state index is 12.1. The summed E-state index contributed by atoms with van der Waals surface area (Å²) in [4.78, 5) is 14.8. The van der Waals surface area contributed by atoms with E-state index in [-0.39, 0.29) is 10.8 Å². The van der Waals surface area contributed by atoms with Crippen molar-refractivity contribution in [2.24, 2.45) is 0 Å². The number of hydrogen-bond acceptors (Lipinski definition) is 4. The van der Waals surface area contributed by atoms with Crippen molar-refractivity contribution >= 4 is 15.7 Å². The summed E-state index contributed by atoms with van der Waals surface area (Å²) in [6.45, 7) is 3.88. The van der Waals surface area contributed by atoms with E-state index in [1.165, 1.54) is 29.7 Å². The van der Waals surface area contributed by atoms with Crippen LogP contribution in [0.4, 0.5) is 0 Å². The van der Waals surface area contributed by atoms with E-state index in [1.807, 2.05) is 0 Å². The zero-order chi connectivity index (χ0) is 20.0. The summed E-state index contributed by atoms with van der Waals surface area (Å²) in [6.07, 6.45) is 5.53. The molecule has 150 valence electrons. The van der Waals surface area contributed by atoms with Gasteiger partial charge in [-0.2, -0.15) is 0 Å². The third-order valence-corrected chi connectivity index (χ3v) is 6.27. The summed E-state index contributed by atoms with van der Waals surface area (Å²) in [5.74, 6) is -0.158. The Labute approximate surface area is 167 Å². The molecule has 0 aromatic heterocycles. The first-order valence-corrected chi connectivity index (χ1v) is 11.7. The molecule has 2 aromatic carbocycles. The molecule has 3 rings (SSSR count). The van der Waals surface area contributed by atoms with Crippen molar-refractivity contribution in [1.82, 2.24) is 10.2 Å². The lowest BCUT2D eigenvalue weighted by atomic mass is 10.1. The van der Waals surface area contributed by atoms with Gasteiger partial charge >= 0.3 is 0 Å². The number of amides is 1. The fraction of sp³-hybridized carbons (Fsp3) is 0.409. The lowest BCUT2D eigenvalue weighted by Gasteiger charge is -2.14. The Balaban J connectivity index is 1.27. The molecule has 0 radical (unpaired) electrons. The van der Waals surface area contributed by atoms with Gasteiger partial charge in [-0.15, -0.1) is 0 Å². The quantitative estimate of drug-likeness (QED) is 0.655. The molecule has 0 atom stereocenters. The van der Waals surface area contributed by atoms with E-state index in [4.69, 9.17) is 0 Å². The van der Waals surface area contributed by atoms with Crippen LogP contribution in [-0.2, 0) is 22.9 Å². The second kappa shape index (κ2) is 9.34. The molecule has 28 heavy (non-hydrogen) atoms. The maximum atomic E-state index is 12.1. The SMILES string of the molecule is CS(=O)(=O)c1ccc(C(=O)NCCCCCCN2Cc3ccccc3C2)cc1. The lowest BCUT2D eigenvalue weighted by Crippen LogP contribution is -2.24. The number of rotatable bonds is 9. The molecule has 1 aliphatic rings. The highest BCUT2D eigenvalue weighted by Gasteiger charge is 2.17. The van der Waals surface area contributed by atoms with Crippen molar-refractivity contribution in [2.75, 3.05) is 19.3 Å². The summed E-state index contributed by atoms with van der Waals surface area (Å²) >= 11 is 0. The van der Waals surface area contributed by atoms with Gasteiger partial charge < -0.3 is 5.32 Å². The number of nitrogens with zero attached hydrogens (tertiary/aromatic N) is 1. The van der Waals surface area contributed by atoms with Crippen molar-refractivity contribution in [1.29, 1.82) is 0 Å². The Hall–Kier alpha value is -2.18. The number of hydrogen-bond donors (Lipinski definition) is 1. The third kappa shape index (κ3) is 5.66. The Kier molecular flexibility index (Phi) is 6.86. The average molecular weight is 401 g/mol. The summed E-state index contributed by atoms with van der Waals surface area (Å²) in [7, 11) is -3.23. The molecule has 2 aromatic rings. The van der Waals surface area contributed by atoms with Gasteiger partial charge in [0.05, 0.1) is 4.90 Å². The van der Waals surface area contributed by atoms with Crippen LogP contribution in [-0.4, -0.2) is 38.6 Å². The molecule has 1 N–H and O–H groups in total. The fourth-order valence-corrected chi connectivity index (χ4v) is 4.16. The minimum absolute atomic E-state index is 0.158.